The fourth-order valence-corrected chi connectivity index (χ4v) is 4.16. The Labute approximate surface area is 239 Å². The average molecular weight is 555 g/mol. The van der Waals surface area contributed by atoms with Gasteiger partial charge in [-0.3, -0.25) is 9.59 Å². The van der Waals surface area contributed by atoms with Crippen LogP contribution in [-0.4, -0.2) is 70.6 Å². The zero-order valence-corrected chi connectivity index (χ0v) is 24.3. The van der Waals surface area contributed by atoms with E-state index in [4.69, 9.17) is 18.9 Å². The van der Waals surface area contributed by atoms with Crippen molar-refractivity contribution in [3.63, 3.8) is 0 Å². The summed E-state index contributed by atoms with van der Waals surface area (Å²) in [5.41, 5.74) is 6.99. The summed E-state index contributed by atoms with van der Waals surface area (Å²) in [4.78, 5) is 26.7. The first-order valence-electron chi connectivity index (χ1n) is 14.1. The Morgan fingerprint density at radius 2 is 1.62 bits per heavy atom. The van der Waals surface area contributed by atoms with E-state index in [-0.39, 0.29) is 23.8 Å². The van der Waals surface area contributed by atoms with Crippen LogP contribution in [0.5, 0.6) is 0 Å². The van der Waals surface area contributed by atoms with Gasteiger partial charge in [0.1, 0.15) is 12.4 Å². The third kappa shape index (κ3) is 13.3. The first kappa shape index (κ1) is 33.1. The minimum Gasteiger partial charge on any atom is -0.487 e. The molecule has 8 nitrogen and oxygen atoms in total. The second-order valence-corrected chi connectivity index (χ2v) is 10.3. The van der Waals surface area contributed by atoms with Crippen LogP contribution >= 0.6 is 0 Å². The topological polar surface area (TPSA) is 95.1 Å². The summed E-state index contributed by atoms with van der Waals surface area (Å²) in [6, 6.07) is 9.38. The molecule has 1 fully saturated rings. The fourth-order valence-electron chi connectivity index (χ4n) is 4.16. The molecule has 1 aliphatic rings. The molecule has 0 radical (unpaired) electrons. The summed E-state index contributed by atoms with van der Waals surface area (Å²) >= 11 is 0. The highest BCUT2D eigenvalue weighted by Crippen LogP contribution is 2.23. The molecule has 220 valence electrons. The van der Waals surface area contributed by atoms with Gasteiger partial charge in [-0.05, 0) is 37.2 Å². The third-order valence-electron chi connectivity index (χ3n) is 6.36. The van der Waals surface area contributed by atoms with Gasteiger partial charge in [0.25, 0.3) is 5.91 Å². The molecule has 1 aliphatic carbocycles. The molecule has 0 spiro atoms. The van der Waals surface area contributed by atoms with Gasteiger partial charge in [-0.2, -0.15) is 0 Å². The van der Waals surface area contributed by atoms with Crippen molar-refractivity contribution in [2.24, 2.45) is 11.8 Å². The maximum absolute atomic E-state index is 13.7. The number of amides is 2. The van der Waals surface area contributed by atoms with Crippen LogP contribution in [0.15, 0.2) is 66.3 Å². The molecule has 2 amide bonds. The molecule has 40 heavy (non-hydrogen) atoms. The van der Waals surface area contributed by atoms with Gasteiger partial charge in [0.05, 0.1) is 44.6 Å². The number of methoxy groups -OCH3 is 1. The maximum Gasteiger partial charge on any atom is 0.257 e. The van der Waals surface area contributed by atoms with Crippen LogP contribution in [0.25, 0.3) is 0 Å². The van der Waals surface area contributed by atoms with Gasteiger partial charge in [-0.25, -0.2) is 0 Å². The van der Waals surface area contributed by atoms with Crippen molar-refractivity contribution in [3.05, 3.63) is 71.8 Å². The predicted molar refractivity (Wildman–Crippen MR) is 156 cm³/mol. The van der Waals surface area contributed by atoms with Crippen LogP contribution in [-0.2, 0) is 35.0 Å². The smallest absolute Gasteiger partial charge is 0.257 e. The largest absolute Gasteiger partial charge is 0.487 e. The number of allylic oxidation sites excluding steroid dienone is 1. The van der Waals surface area contributed by atoms with Crippen molar-refractivity contribution < 1.29 is 28.5 Å². The number of nitrogens with one attached hydrogen (secondary N) is 2. The van der Waals surface area contributed by atoms with Gasteiger partial charge in [0, 0.05) is 25.5 Å². The Bertz CT molecular complexity index is 1010. The maximum atomic E-state index is 13.7. The van der Waals surface area contributed by atoms with Gasteiger partial charge < -0.3 is 29.6 Å². The van der Waals surface area contributed by atoms with Crippen molar-refractivity contribution in [3.8, 4) is 0 Å². The van der Waals surface area contributed by atoms with E-state index < -0.39 is 12.0 Å². The lowest BCUT2D eigenvalue weighted by molar-refractivity contribution is -0.126. The molecule has 0 aliphatic heterocycles. The summed E-state index contributed by atoms with van der Waals surface area (Å²) in [6.45, 7) is 14.4. The van der Waals surface area contributed by atoms with Crippen LogP contribution in [0.4, 0.5) is 0 Å². The van der Waals surface area contributed by atoms with Crippen LogP contribution in [0, 0.1) is 11.8 Å². The van der Waals surface area contributed by atoms with Crippen LogP contribution in [0.3, 0.4) is 0 Å². The molecule has 1 aromatic carbocycles. The number of rotatable bonds is 21. The summed E-state index contributed by atoms with van der Waals surface area (Å²) in [5, 5.41) is 6.13. The Balaban J connectivity index is 2.01. The predicted octanol–water partition coefficient (Wildman–Crippen LogP) is 4.12. The first-order valence-corrected chi connectivity index (χ1v) is 14.1. The highest BCUT2D eigenvalue weighted by atomic mass is 16.6. The lowest BCUT2D eigenvalue weighted by Crippen LogP contribution is -2.45. The van der Waals surface area contributed by atoms with Crippen LogP contribution in [0.2, 0.25) is 0 Å². The van der Waals surface area contributed by atoms with E-state index in [2.05, 4.69) is 49.1 Å². The van der Waals surface area contributed by atoms with Crippen LogP contribution in [0.1, 0.15) is 45.1 Å². The van der Waals surface area contributed by atoms with Crippen molar-refractivity contribution in [1.29, 1.82) is 0 Å². The number of carbonyl (C=O) groups is 2. The highest BCUT2D eigenvalue weighted by Gasteiger charge is 2.31. The standard InChI is InChI=1S/C32H46N2O6/c1-6-28(40-20-19-39-18-17-38-16-15-37-5)23-26(21-24(3)4)31(35)34-30(22-25-11-9-8-10-12-25)29(7-2)32(36)33-27-13-14-27/h8-12,24,26-27,30H,1-2,13-23H2,3-5H3,(H,33,36)(H,34,35)/t26-,30+/m1/s1. The molecule has 0 bridgehead atoms. The molecule has 1 aromatic rings. The van der Waals surface area contributed by atoms with E-state index >= 15 is 0 Å². The molecule has 0 heterocycles. The molecule has 2 atom stereocenters. The molecular weight excluding hydrogens is 508 g/mol. The van der Waals surface area contributed by atoms with Gasteiger partial charge in [-0.15, -0.1) is 5.73 Å². The van der Waals surface area contributed by atoms with Gasteiger partial charge in [0.15, 0.2) is 0 Å². The Hall–Kier alpha value is -3.12. The van der Waals surface area contributed by atoms with E-state index in [0.717, 1.165) is 18.4 Å². The third-order valence-corrected chi connectivity index (χ3v) is 6.36. The number of hydrogen-bond donors (Lipinski definition) is 2. The van der Waals surface area contributed by atoms with E-state index in [1.54, 1.807) is 7.11 Å². The summed E-state index contributed by atoms with van der Waals surface area (Å²) in [6.07, 6.45) is 3.35. The van der Waals surface area contributed by atoms with Gasteiger partial charge >= 0.3 is 0 Å². The zero-order valence-electron chi connectivity index (χ0n) is 24.3. The molecule has 8 heteroatoms. The SMILES string of the molecule is C=C=C(C[C@@H](CC(C)C)C(=O)N[C@@H](Cc1ccccc1)C(=C=C)C(=O)NC1CC1)OCCOCCOCCOC. The molecule has 0 aromatic heterocycles. The Morgan fingerprint density at radius 3 is 2.20 bits per heavy atom. The number of carbonyl (C=O) groups excluding carboxylic acids is 2. The van der Waals surface area contributed by atoms with E-state index in [9.17, 15) is 9.59 Å². The second-order valence-electron chi connectivity index (χ2n) is 10.3. The first-order chi connectivity index (χ1) is 19.4. The van der Waals surface area contributed by atoms with E-state index in [0.29, 0.717) is 70.2 Å². The molecule has 0 saturated heterocycles. The van der Waals surface area contributed by atoms with Crippen molar-refractivity contribution in [2.45, 2.75) is 58.0 Å². The number of ether oxygens (including phenoxy) is 4. The van der Waals surface area contributed by atoms with E-state index in [1.807, 2.05) is 30.3 Å². The minimum atomic E-state index is -0.572. The molecule has 0 unspecified atom stereocenters. The summed E-state index contributed by atoms with van der Waals surface area (Å²) in [7, 11) is 1.63. The fraction of sp³-hybridized carbons (Fsp3) is 0.562. The van der Waals surface area contributed by atoms with Crippen molar-refractivity contribution >= 4 is 11.8 Å². The monoisotopic (exact) mass is 554 g/mol. The minimum absolute atomic E-state index is 0.164. The molecule has 2 N–H and O–H groups in total. The molecule has 1 saturated carbocycles. The highest BCUT2D eigenvalue weighted by molar-refractivity contribution is 5.95. The van der Waals surface area contributed by atoms with Crippen molar-refractivity contribution in [1.82, 2.24) is 10.6 Å². The molecular formula is C32H46N2O6. The Morgan fingerprint density at radius 1 is 0.975 bits per heavy atom. The zero-order chi connectivity index (χ0) is 29.2. The average Bonchev–Trinajstić information content (AvgIpc) is 3.75. The quantitative estimate of drug-likeness (QED) is 0.103. The summed E-state index contributed by atoms with van der Waals surface area (Å²) in [5.74, 6) is -0.0226. The normalized spacial score (nSPS) is 14.0. The molecule has 2 rings (SSSR count). The second kappa shape index (κ2) is 19.0. The van der Waals surface area contributed by atoms with E-state index in [1.165, 1.54) is 0 Å². The lowest BCUT2D eigenvalue weighted by Gasteiger charge is -2.25. The van der Waals surface area contributed by atoms with Gasteiger partial charge in [-0.1, -0.05) is 63.1 Å². The van der Waals surface area contributed by atoms with Crippen LogP contribution < -0.4 is 10.6 Å². The number of hydrogen-bond acceptors (Lipinski definition) is 6. The van der Waals surface area contributed by atoms with Gasteiger partial charge in [0.2, 0.25) is 5.91 Å². The summed E-state index contributed by atoms with van der Waals surface area (Å²) < 4.78 is 21.7. The Kier molecular flexibility index (Phi) is 15.8. The number of benzene rings is 1. The lowest BCUT2D eigenvalue weighted by atomic mass is 9.91. The van der Waals surface area contributed by atoms with Crippen molar-refractivity contribution in [2.75, 3.05) is 46.8 Å².